The van der Waals surface area contributed by atoms with Crippen molar-refractivity contribution in [3.8, 4) is 5.75 Å². The van der Waals surface area contributed by atoms with Gasteiger partial charge >= 0.3 is 0 Å². The number of nitrogens with one attached hydrogen (secondary N) is 2. The lowest BCUT2D eigenvalue weighted by molar-refractivity contribution is 0.414. The first-order chi connectivity index (χ1) is 12.1. The molecule has 0 saturated carbocycles. The Morgan fingerprint density at radius 1 is 1.20 bits per heavy atom. The Morgan fingerprint density at radius 3 is 2.72 bits per heavy atom. The number of pyridine rings is 1. The largest absolute Gasteiger partial charge is 0.497 e. The van der Waals surface area contributed by atoms with Crippen LogP contribution in [0.1, 0.15) is 23.6 Å². The quantitative estimate of drug-likeness (QED) is 0.451. The van der Waals surface area contributed by atoms with E-state index in [2.05, 4.69) is 40.5 Å². The summed E-state index contributed by atoms with van der Waals surface area (Å²) >= 11 is 5.80. The van der Waals surface area contributed by atoms with Gasteiger partial charge in [-0.05, 0) is 55.2 Å². The van der Waals surface area contributed by atoms with E-state index in [0.717, 1.165) is 47.9 Å². The van der Waals surface area contributed by atoms with Gasteiger partial charge in [0.2, 0.25) is 0 Å². The maximum absolute atomic E-state index is 5.80. The first-order valence-electron chi connectivity index (χ1n) is 8.38. The van der Waals surface area contributed by atoms with Crippen LogP contribution in [0.15, 0.2) is 41.5 Å². The number of ether oxygens (including phenoxy) is 1. The summed E-state index contributed by atoms with van der Waals surface area (Å²) in [7, 11) is 1.68. The number of hydrogen-bond donors (Lipinski definition) is 2. The van der Waals surface area contributed by atoms with Crippen LogP contribution in [0.2, 0.25) is 5.15 Å². The molecule has 25 heavy (non-hydrogen) atoms. The van der Waals surface area contributed by atoms with Gasteiger partial charge < -0.3 is 15.4 Å². The summed E-state index contributed by atoms with van der Waals surface area (Å²) in [5.41, 5.74) is 3.42. The third kappa shape index (κ3) is 6.63. The lowest BCUT2D eigenvalue weighted by Crippen LogP contribution is -2.38. The Bertz CT molecular complexity index is 701. The molecule has 0 spiro atoms. The predicted octanol–water partition coefficient (Wildman–Crippen LogP) is 3.35. The molecule has 5 nitrogen and oxygen atoms in total. The minimum Gasteiger partial charge on any atom is -0.497 e. The second kappa shape index (κ2) is 9.89. The summed E-state index contributed by atoms with van der Waals surface area (Å²) in [6.45, 7) is 6.28. The highest BCUT2D eigenvalue weighted by Gasteiger charge is 2.01. The molecule has 2 N–H and O–H groups in total. The Balaban J connectivity index is 1.93. The number of guanidine groups is 1. The number of benzene rings is 1. The van der Waals surface area contributed by atoms with Crippen molar-refractivity contribution < 1.29 is 4.74 Å². The van der Waals surface area contributed by atoms with Gasteiger partial charge in [-0.3, -0.25) is 0 Å². The van der Waals surface area contributed by atoms with Crippen LogP contribution in [0.3, 0.4) is 0 Å². The highest BCUT2D eigenvalue weighted by molar-refractivity contribution is 6.29. The molecule has 6 heteroatoms. The SMILES string of the molecule is CCNC(=NCc1cc(C)cc(OC)c1)NCCc1ccc(Cl)nc1. The van der Waals surface area contributed by atoms with Crippen LogP contribution in [0, 0.1) is 6.92 Å². The number of aliphatic imine (C=N–C) groups is 1. The molecule has 0 unspecified atom stereocenters. The molecule has 0 saturated heterocycles. The van der Waals surface area contributed by atoms with E-state index in [0.29, 0.717) is 11.7 Å². The van der Waals surface area contributed by atoms with Crippen molar-refractivity contribution in [2.75, 3.05) is 20.2 Å². The monoisotopic (exact) mass is 360 g/mol. The molecule has 0 atom stereocenters. The van der Waals surface area contributed by atoms with Crippen LogP contribution in [0.5, 0.6) is 5.75 Å². The van der Waals surface area contributed by atoms with Crippen LogP contribution >= 0.6 is 11.6 Å². The van der Waals surface area contributed by atoms with Crippen molar-refractivity contribution >= 4 is 17.6 Å². The summed E-state index contributed by atoms with van der Waals surface area (Å²) in [4.78, 5) is 8.74. The summed E-state index contributed by atoms with van der Waals surface area (Å²) in [6, 6.07) is 9.94. The van der Waals surface area contributed by atoms with E-state index in [1.165, 1.54) is 0 Å². The van der Waals surface area contributed by atoms with Crippen molar-refractivity contribution in [2.45, 2.75) is 26.8 Å². The Labute approximate surface area is 154 Å². The van der Waals surface area contributed by atoms with Gasteiger partial charge in [0, 0.05) is 19.3 Å². The Hall–Kier alpha value is -2.27. The molecular weight excluding hydrogens is 336 g/mol. The molecule has 1 aromatic heterocycles. The second-order valence-electron chi connectivity index (χ2n) is 5.72. The lowest BCUT2D eigenvalue weighted by atomic mass is 10.1. The zero-order chi connectivity index (χ0) is 18.1. The van der Waals surface area contributed by atoms with Crippen molar-refractivity contribution in [3.63, 3.8) is 0 Å². The molecule has 0 aliphatic rings. The second-order valence-corrected chi connectivity index (χ2v) is 6.11. The zero-order valence-electron chi connectivity index (χ0n) is 15.0. The molecule has 0 radical (unpaired) electrons. The number of methoxy groups -OCH3 is 1. The molecule has 1 heterocycles. The topological polar surface area (TPSA) is 58.5 Å². The number of nitrogens with zero attached hydrogens (tertiary/aromatic N) is 2. The molecule has 0 aliphatic heterocycles. The average molecular weight is 361 g/mol. The van der Waals surface area contributed by atoms with Crippen LogP contribution < -0.4 is 15.4 Å². The number of halogens is 1. The van der Waals surface area contributed by atoms with Gasteiger partial charge in [-0.25, -0.2) is 9.98 Å². The van der Waals surface area contributed by atoms with Gasteiger partial charge in [0.1, 0.15) is 10.9 Å². The first-order valence-corrected chi connectivity index (χ1v) is 8.75. The molecular formula is C19H25ClN4O. The van der Waals surface area contributed by atoms with Gasteiger partial charge in [0.25, 0.3) is 0 Å². The predicted molar refractivity (Wildman–Crippen MR) is 104 cm³/mol. The number of rotatable bonds is 7. The standard InChI is InChI=1S/C19H25ClN4O/c1-4-21-19(22-8-7-15-5-6-18(20)23-12-15)24-13-16-9-14(2)10-17(11-16)25-3/h5-6,9-12H,4,7-8,13H2,1-3H3,(H2,21,22,24). The molecule has 0 bridgehead atoms. The first kappa shape index (κ1) is 19.1. The van der Waals surface area contributed by atoms with Crippen LogP contribution in [0.4, 0.5) is 0 Å². The number of aromatic nitrogens is 1. The molecule has 2 aromatic rings. The van der Waals surface area contributed by atoms with Gasteiger partial charge in [0.15, 0.2) is 5.96 Å². The normalized spacial score (nSPS) is 11.3. The number of aryl methyl sites for hydroxylation is 1. The Kier molecular flexibility index (Phi) is 7.54. The lowest BCUT2D eigenvalue weighted by Gasteiger charge is -2.12. The fraction of sp³-hybridized carbons (Fsp3) is 0.368. The summed E-state index contributed by atoms with van der Waals surface area (Å²) in [5.74, 6) is 1.66. The van der Waals surface area contributed by atoms with Gasteiger partial charge in [0.05, 0.1) is 13.7 Å². The summed E-state index contributed by atoms with van der Waals surface area (Å²) in [6.07, 6.45) is 2.65. The smallest absolute Gasteiger partial charge is 0.191 e. The van der Waals surface area contributed by atoms with Crippen molar-refractivity contribution in [1.29, 1.82) is 0 Å². The van der Waals surface area contributed by atoms with Crippen molar-refractivity contribution in [1.82, 2.24) is 15.6 Å². The van der Waals surface area contributed by atoms with Crippen LogP contribution in [-0.2, 0) is 13.0 Å². The van der Waals surface area contributed by atoms with Gasteiger partial charge in [-0.2, -0.15) is 0 Å². The molecule has 2 rings (SSSR count). The number of hydrogen-bond acceptors (Lipinski definition) is 3. The van der Waals surface area contributed by atoms with Gasteiger partial charge in [-0.1, -0.05) is 23.7 Å². The zero-order valence-corrected chi connectivity index (χ0v) is 15.7. The minimum atomic E-state index is 0.514. The third-order valence-corrected chi connectivity index (χ3v) is 3.83. The fourth-order valence-electron chi connectivity index (χ4n) is 2.43. The van der Waals surface area contributed by atoms with Crippen LogP contribution in [0.25, 0.3) is 0 Å². The minimum absolute atomic E-state index is 0.514. The highest BCUT2D eigenvalue weighted by Crippen LogP contribution is 2.17. The average Bonchev–Trinajstić information content (AvgIpc) is 2.61. The third-order valence-electron chi connectivity index (χ3n) is 3.61. The molecule has 0 aliphatic carbocycles. The van der Waals surface area contributed by atoms with E-state index >= 15 is 0 Å². The van der Waals surface area contributed by atoms with E-state index in [4.69, 9.17) is 16.3 Å². The molecule has 0 amide bonds. The summed E-state index contributed by atoms with van der Waals surface area (Å²) < 4.78 is 5.32. The van der Waals surface area contributed by atoms with E-state index < -0.39 is 0 Å². The fourth-order valence-corrected chi connectivity index (χ4v) is 2.54. The highest BCUT2D eigenvalue weighted by atomic mass is 35.5. The van der Waals surface area contributed by atoms with Gasteiger partial charge in [-0.15, -0.1) is 0 Å². The molecule has 134 valence electrons. The van der Waals surface area contributed by atoms with Crippen molar-refractivity contribution in [3.05, 3.63) is 58.4 Å². The van der Waals surface area contributed by atoms with Crippen molar-refractivity contribution in [2.24, 2.45) is 4.99 Å². The molecule has 1 aromatic carbocycles. The van der Waals surface area contributed by atoms with Crippen LogP contribution in [-0.4, -0.2) is 31.1 Å². The van der Waals surface area contributed by atoms with E-state index in [9.17, 15) is 0 Å². The molecule has 0 fully saturated rings. The van der Waals surface area contributed by atoms with E-state index in [1.54, 1.807) is 19.4 Å². The maximum atomic E-state index is 5.80. The maximum Gasteiger partial charge on any atom is 0.191 e. The Morgan fingerprint density at radius 2 is 2.04 bits per heavy atom. The summed E-state index contributed by atoms with van der Waals surface area (Å²) in [5, 5.41) is 7.12. The van der Waals surface area contributed by atoms with E-state index in [1.807, 2.05) is 18.2 Å². The van der Waals surface area contributed by atoms with E-state index in [-0.39, 0.29) is 0 Å².